The molecule has 0 radical (unpaired) electrons. The van der Waals surface area contributed by atoms with E-state index in [2.05, 4.69) is 0 Å². The molecule has 2 heterocycles. The van der Waals surface area contributed by atoms with Gasteiger partial charge >= 0.3 is 0 Å². The van der Waals surface area contributed by atoms with Crippen LogP contribution in [0.25, 0.3) is 0 Å². The van der Waals surface area contributed by atoms with Crippen LogP contribution in [0.4, 0.5) is 10.1 Å². The van der Waals surface area contributed by atoms with Crippen molar-refractivity contribution < 1.29 is 18.8 Å². The molecule has 1 aromatic carbocycles. The molecule has 0 bridgehead atoms. The number of piperidine rings is 1. The summed E-state index contributed by atoms with van der Waals surface area (Å²) in [6.45, 7) is 5.30. The van der Waals surface area contributed by atoms with Crippen LogP contribution >= 0.6 is 0 Å². The minimum Gasteiger partial charge on any atom is -0.369 e. The Balaban J connectivity index is 1.41. The molecule has 0 aliphatic carbocycles. The second-order valence-corrected chi connectivity index (χ2v) is 8.39. The molecule has 7 nitrogen and oxygen atoms in total. The Morgan fingerprint density at radius 3 is 2.03 bits per heavy atom. The molecule has 2 N–H and O–H groups in total. The Labute approximate surface area is 177 Å². The molecule has 2 aliphatic heterocycles. The van der Waals surface area contributed by atoms with E-state index in [4.69, 9.17) is 5.73 Å². The first-order valence-corrected chi connectivity index (χ1v) is 10.7. The summed E-state index contributed by atoms with van der Waals surface area (Å²) < 4.78 is 14.0. The number of likely N-dealkylation sites (tertiary alicyclic amines) is 1. The standard InChI is InChI=1S/C22H31FN4O3/c1-16(14-20(28)26-8-6-17(7-9-26)22(24)30)15-21(29)27-12-10-25(11-13-27)19-5-3-2-4-18(19)23/h2-5,16-17H,6-15H2,1H3,(H2,24,30). The number of carbonyl (C=O) groups excluding carboxylic acids is 3. The third-order valence-electron chi connectivity index (χ3n) is 6.12. The van der Waals surface area contributed by atoms with Crippen LogP contribution in [0.3, 0.4) is 0 Å². The van der Waals surface area contributed by atoms with Crippen molar-refractivity contribution >= 4 is 23.4 Å². The van der Waals surface area contributed by atoms with Crippen LogP contribution in [0.5, 0.6) is 0 Å². The second-order valence-electron chi connectivity index (χ2n) is 8.39. The molecule has 0 aromatic heterocycles. The number of carbonyl (C=O) groups is 3. The maximum absolute atomic E-state index is 14.0. The minimum absolute atomic E-state index is 0.0302. The molecule has 164 valence electrons. The molecule has 30 heavy (non-hydrogen) atoms. The highest BCUT2D eigenvalue weighted by molar-refractivity contribution is 5.80. The molecule has 3 rings (SSSR count). The maximum Gasteiger partial charge on any atom is 0.222 e. The first-order valence-electron chi connectivity index (χ1n) is 10.7. The number of para-hydroxylation sites is 1. The van der Waals surface area contributed by atoms with Crippen LogP contribution < -0.4 is 10.6 Å². The molecule has 2 fully saturated rings. The average Bonchev–Trinajstić information content (AvgIpc) is 2.74. The van der Waals surface area contributed by atoms with Crippen LogP contribution in [0.15, 0.2) is 24.3 Å². The Kier molecular flexibility index (Phi) is 7.29. The third kappa shape index (κ3) is 5.49. The number of primary amides is 1. The number of rotatable bonds is 6. The molecule has 2 saturated heterocycles. The number of anilines is 1. The van der Waals surface area contributed by atoms with Gasteiger partial charge in [0.25, 0.3) is 0 Å². The molecule has 1 atom stereocenters. The smallest absolute Gasteiger partial charge is 0.222 e. The number of nitrogens with zero attached hydrogens (tertiary/aromatic N) is 3. The van der Waals surface area contributed by atoms with Crippen molar-refractivity contribution in [3.8, 4) is 0 Å². The lowest BCUT2D eigenvalue weighted by Crippen LogP contribution is -2.49. The topological polar surface area (TPSA) is 86.9 Å². The van der Waals surface area contributed by atoms with Crippen LogP contribution in [0.1, 0.15) is 32.6 Å². The lowest BCUT2D eigenvalue weighted by Gasteiger charge is -2.36. The lowest BCUT2D eigenvalue weighted by atomic mass is 9.95. The first-order chi connectivity index (χ1) is 14.3. The maximum atomic E-state index is 14.0. The van der Waals surface area contributed by atoms with E-state index in [-0.39, 0.29) is 35.4 Å². The van der Waals surface area contributed by atoms with Gasteiger partial charge in [0.15, 0.2) is 0 Å². The number of hydrogen-bond donors (Lipinski definition) is 1. The molecule has 2 aliphatic rings. The summed E-state index contributed by atoms with van der Waals surface area (Å²) >= 11 is 0. The fourth-order valence-corrected chi connectivity index (χ4v) is 4.24. The van der Waals surface area contributed by atoms with Gasteiger partial charge in [-0.2, -0.15) is 0 Å². The van der Waals surface area contributed by atoms with Crippen molar-refractivity contribution in [2.24, 2.45) is 17.6 Å². The summed E-state index contributed by atoms with van der Waals surface area (Å²) in [6, 6.07) is 6.68. The largest absolute Gasteiger partial charge is 0.369 e. The van der Waals surface area contributed by atoms with E-state index in [0.29, 0.717) is 70.6 Å². The quantitative estimate of drug-likeness (QED) is 0.761. The molecule has 8 heteroatoms. The molecular formula is C22H31FN4O3. The van der Waals surface area contributed by atoms with Crippen LogP contribution in [-0.2, 0) is 14.4 Å². The van der Waals surface area contributed by atoms with Crippen molar-refractivity contribution in [2.45, 2.75) is 32.6 Å². The zero-order valence-electron chi connectivity index (χ0n) is 17.6. The van der Waals surface area contributed by atoms with E-state index in [0.717, 1.165) is 0 Å². The van der Waals surface area contributed by atoms with Crippen LogP contribution in [0.2, 0.25) is 0 Å². The van der Waals surface area contributed by atoms with Gasteiger partial charge in [-0.3, -0.25) is 14.4 Å². The first kappa shape index (κ1) is 22.1. The monoisotopic (exact) mass is 418 g/mol. The van der Waals surface area contributed by atoms with E-state index < -0.39 is 0 Å². The van der Waals surface area contributed by atoms with E-state index in [1.807, 2.05) is 17.9 Å². The van der Waals surface area contributed by atoms with Gasteiger partial charge in [-0.15, -0.1) is 0 Å². The number of halogens is 1. The number of piperazine rings is 1. The highest BCUT2D eigenvalue weighted by Crippen LogP contribution is 2.22. The predicted molar refractivity (Wildman–Crippen MR) is 112 cm³/mol. The summed E-state index contributed by atoms with van der Waals surface area (Å²) in [6.07, 6.45) is 1.87. The Bertz CT molecular complexity index is 771. The number of nitrogens with two attached hydrogens (primary N) is 1. The highest BCUT2D eigenvalue weighted by Gasteiger charge is 2.28. The van der Waals surface area contributed by atoms with E-state index >= 15 is 0 Å². The number of benzene rings is 1. The Morgan fingerprint density at radius 1 is 0.967 bits per heavy atom. The fourth-order valence-electron chi connectivity index (χ4n) is 4.24. The Hall–Kier alpha value is -2.64. The van der Waals surface area contributed by atoms with Gasteiger partial charge in [-0.05, 0) is 30.9 Å². The molecule has 1 unspecified atom stereocenters. The summed E-state index contributed by atoms with van der Waals surface area (Å²) in [4.78, 5) is 42.0. The zero-order valence-corrected chi connectivity index (χ0v) is 17.6. The minimum atomic E-state index is -0.295. The molecule has 0 spiro atoms. The van der Waals surface area contributed by atoms with Gasteiger partial charge < -0.3 is 20.4 Å². The number of hydrogen-bond acceptors (Lipinski definition) is 4. The van der Waals surface area contributed by atoms with Crippen molar-refractivity contribution in [3.63, 3.8) is 0 Å². The van der Waals surface area contributed by atoms with Crippen LogP contribution in [0, 0.1) is 17.7 Å². The van der Waals surface area contributed by atoms with E-state index in [1.54, 1.807) is 21.9 Å². The van der Waals surface area contributed by atoms with Crippen molar-refractivity contribution in [2.75, 3.05) is 44.2 Å². The van der Waals surface area contributed by atoms with Crippen molar-refractivity contribution in [3.05, 3.63) is 30.1 Å². The average molecular weight is 419 g/mol. The summed E-state index contributed by atoms with van der Waals surface area (Å²) in [7, 11) is 0. The van der Waals surface area contributed by atoms with Crippen molar-refractivity contribution in [1.29, 1.82) is 0 Å². The summed E-state index contributed by atoms with van der Waals surface area (Å²) in [5, 5.41) is 0. The molecule has 3 amide bonds. The van der Waals surface area contributed by atoms with Gasteiger partial charge in [-0.25, -0.2) is 4.39 Å². The van der Waals surface area contributed by atoms with Gasteiger partial charge in [-0.1, -0.05) is 19.1 Å². The van der Waals surface area contributed by atoms with E-state index in [1.165, 1.54) is 6.07 Å². The lowest BCUT2D eigenvalue weighted by molar-refractivity contribution is -0.136. The summed E-state index contributed by atoms with van der Waals surface area (Å²) in [5.41, 5.74) is 5.91. The molecule has 1 aromatic rings. The Morgan fingerprint density at radius 2 is 1.50 bits per heavy atom. The van der Waals surface area contributed by atoms with Crippen molar-refractivity contribution in [1.82, 2.24) is 9.80 Å². The molecule has 0 saturated carbocycles. The van der Waals surface area contributed by atoms with Gasteiger partial charge in [0, 0.05) is 58.0 Å². The zero-order chi connectivity index (χ0) is 21.7. The summed E-state index contributed by atoms with van der Waals surface area (Å²) in [5.74, 6) is -0.668. The van der Waals surface area contributed by atoms with Gasteiger partial charge in [0.1, 0.15) is 5.82 Å². The van der Waals surface area contributed by atoms with Gasteiger partial charge in [0.2, 0.25) is 17.7 Å². The van der Waals surface area contributed by atoms with Gasteiger partial charge in [0.05, 0.1) is 5.69 Å². The predicted octanol–water partition coefficient (Wildman–Crippen LogP) is 1.61. The number of amides is 3. The second kappa shape index (κ2) is 9.91. The van der Waals surface area contributed by atoms with Crippen LogP contribution in [-0.4, -0.2) is 66.8 Å². The van der Waals surface area contributed by atoms with E-state index in [9.17, 15) is 18.8 Å². The highest BCUT2D eigenvalue weighted by atomic mass is 19.1. The SMILES string of the molecule is CC(CC(=O)N1CCC(C(N)=O)CC1)CC(=O)N1CCN(c2ccccc2F)CC1. The molecular weight excluding hydrogens is 387 g/mol. The normalized spacial score (nSPS) is 18.9. The third-order valence-corrected chi connectivity index (χ3v) is 6.12. The fraction of sp³-hybridized carbons (Fsp3) is 0.591.